The van der Waals surface area contributed by atoms with E-state index >= 15 is 0 Å². The van der Waals surface area contributed by atoms with Gasteiger partial charge in [-0.25, -0.2) is 4.98 Å². The van der Waals surface area contributed by atoms with Gasteiger partial charge in [0, 0.05) is 25.0 Å². The number of benzene rings is 1. The number of nitrogens with zero attached hydrogens (tertiary/aromatic N) is 4. The summed E-state index contributed by atoms with van der Waals surface area (Å²) in [4.78, 5) is 6.90. The van der Waals surface area contributed by atoms with Gasteiger partial charge < -0.3 is 4.74 Å². The second-order valence-corrected chi connectivity index (χ2v) is 7.16. The Kier molecular flexibility index (Phi) is 4.65. The maximum Gasteiger partial charge on any atom is 0.156 e. The average molecular weight is 325 g/mol. The first kappa shape index (κ1) is 16.6. The summed E-state index contributed by atoms with van der Waals surface area (Å²) in [5, 5.41) is 16.6. The van der Waals surface area contributed by atoms with Crippen LogP contribution in [0.3, 0.4) is 0 Å². The predicted molar refractivity (Wildman–Crippen MR) is 90.2 cm³/mol. The summed E-state index contributed by atoms with van der Waals surface area (Å²) < 4.78 is 5.87. The third-order valence-corrected chi connectivity index (χ3v) is 4.16. The zero-order valence-electron chi connectivity index (χ0n) is 14.4. The number of aromatic nitrogens is 3. The Bertz CT molecular complexity index is 740. The molecule has 0 radical (unpaired) electrons. The van der Waals surface area contributed by atoms with E-state index in [1.165, 1.54) is 0 Å². The molecule has 1 fully saturated rings. The molecule has 0 saturated carbocycles. The number of rotatable bonds is 3. The van der Waals surface area contributed by atoms with E-state index in [-0.39, 0.29) is 11.5 Å². The molecule has 1 aromatic carbocycles. The minimum atomic E-state index is -0.114. The molecule has 6 heteroatoms. The van der Waals surface area contributed by atoms with Crippen LogP contribution in [0.15, 0.2) is 24.3 Å². The van der Waals surface area contributed by atoms with Crippen LogP contribution in [-0.2, 0) is 16.7 Å². The Balaban J connectivity index is 1.71. The smallest absolute Gasteiger partial charge is 0.156 e. The maximum atomic E-state index is 9.24. The lowest BCUT2D eigenvalue weighted by Gasteiger charge is -2.32. The van der Waals surface area contributed by atoms with Gasteiger partial charge in [0.2, 0.25) is 0 Å². The number of nitrogens with one attached hydrogen (secondary N) is 1. The first-order valence-electron chi connectivity index (χ1n) is 8.22. The molecule has 6 nitrogen and oxygen atoms in total. The molecule has 0 spiro atoms. The van der Waals surface area contributed by atoms with Crippen molar-refractivity contribution in [1.82, 2.24) is 20.1 Å². The number of morpholine rings is 1. The Labute approximate surface area is 142 Å². The molecular weight excluding hydrogens is 302 g/mol. The van der Waals surface area contributed by atoms with Gasteiger partial charge in [-0.15, -0.1) is 0 Å². The van der Waals surface area contributed by atoms with Crippen molar-refractivity contribution in [2.24, 2.45) is 0 Å². The molecule has 0 aliphatic carbocycles. The quantitative estimate of drug-likeness (QED) is 0.938. The Morgan fingerprint density at radius 1 is 1.38 bits per heavy atom. The number of hydrogen-bond donors (Lipinski definition) is 1. The molecule has 1 saturated heterocycles. The number of nitriles is 1. The lowest BCUT2D eigenvalue weighted by molar-refractivity contribution is -0.0371. The van der Waals surface area contributed by atoms with Crippen LogP contribution in [0.5, 0.6) is 0 Å². The molecule has 1 unspecified atom stereocenters. The minimum absolute atomic E-state index is 0.0885. The van der Waals surface area contributed by atoms with Crippen LogP contribution in [0.1, 0.15) is 49.7 Å². The highest BCUT2D eigenvalue weighted by Crippen LogP contribution is 2.24. The van der Waals surface area contributed by atoms with E-state index in [0.717, 1.165) is 42.4 Å². The highest BCUT2D eigenvalue weighted by molar-refractivity contribution is 5.37. The molecule has 24 heavy (non-hydrogen) atoms. The highest BCUT2D eigenvalue weighted by Gasteiger charge is 2.27. The Morgan fingerprint density at radius 2 is 2.17 bits per heavy atom. The summed E-state index contributed by atoms with van der Waals surface area (Å²) in [5.41, 5.74) is 1.69. The fourth-order valence-electron chi connectivity index (χ4n) is 2.77. The molecule has 1 aliphatic rings. The van der Waals surface area contributed by atoms with Crippen LogP contribution in [0, 0.1) is 11.3 Å². The average Bonchev–Trinajstić information content (AvgIpc) is 3.06. The van der Waals surface area contributed by atoms with Crippen molar-refractivity contribution in [2.75, 3.05) is 19.7 Å². The molecule has 0 amide bonds. The number of ether oxygens (including phenoxy) is 1. The van der Waals surface area contributed by atoms with Crippen molar-refractivity contribution < 1.29 is 4.74 Å². The summed E-state index contributed by atoms with van der Waals surface area (Å²) in [6, 6.07) is 10.00. The maximum absolute atomic E-state index is 9.24. The van der Waals surface area contributed by atoms with Gasteiger partial charge in [-0.2, -0.15) is 10.4 Å². The van der Waals surface area contributed by atoms with E-state index in [2.05, 4.69) is 46.9 Å². The van der Waals surface area contributed by atoms with Crippen LogP contribution in [0.25, 0.3) is 0 Å². The molecular formula is C18H23N5O. The monoisotopic (exact) mass is 325 g/mol. The van der Waals surface area contributed by atoms with Crippen LogP contribution in [-0.4, -0.2) is 39.8 Å². The van der Waals surface area contributed by atoms with Gasteiger partial charge in [-0.3, -0.25) is 10.00 Å². The van der Waals surface area contributed by atoms with Gasteiger partial charge in [0.15, 0.2) is 11.6 Å². The topological polar surface area (TPSA) is 77.8 Å². The van der Waals surface area contributed by atoms with Gasteiger partial charge >= 0.3 is 0 Å². The summed E-state index contributed by atoms with van der Waals surface area (Å²) in [7, 11) is 0. The second-order valence-electron chi connectivity index (χ2n) is 7.16. The molecule has 3 rings (SSSR count). The highest BCUT2D eigenvalue weighted by atomic mass is 16.5. The molecule has 1 aromatic heterocycles. The number of H-pyrrole nitrogens is 1. The number of aromatic amines is 1. The third kappa shape index (κ3) is 3.64. The Hall–Kier alpha value is -2.23. The molecule has 0 bridgehead atoms. The lowest BCUT2D eigenvalue weighted by Crippen LogP contribution is -2.38. The largest absolute Gasteiger partial charge is 0.368 e. The predicted octanol–water partition coefficient (Wildman–Crippen LogP) is 2.55. The first-order chi connectivity index (χ1) is 11.5. The minimum Gasteiger partial charge on any atom is -0.368 e. The fourth-order valence-corrected chi connectivity index (χ4v) is 2.77. The van der Waals surface area contributed by atoms with Crippen LogP contribution in [0.2, 0.25) is 0 Å². The summed E-state index contributed by atoms with van der Waals surface area (Å²) in [5.74, 6) is 1.58. The van der Waals surface area contributed by atoms with Crippen LogP contribution < -0.4 is 0 Å². The van der Waals surface area contributed by atoms with Crippen molar-refractivity contribution in [3.8, 4) is 6.07 Å². The molecule has 126 valence electrons. The molecule has 2 aromatic rings. The van der Waals surface area contributed by atoms with E-state index in [4.69, 9.17) is 4.74 Å². The van der Waals surface area contributed by atoms with E-state index < -0.39 is 0 Å². The van der Waals surface area contributed by atoms with Gasteiger partial charge in [0.25, 0.3) is 0 Å². The standard InChI is InChI=1S/C18H23N5O/c1-18(2,3)17-20-16(21-22-17)15-12-23(8-9-24-15)11-14-7-5-4-6-13(14)10-19/h4-7,15H,8-9,11-12H2,1-3H3,(H,20,21,22). The third-order valence-electron chi connectivity index (χ3n) is 4.16. The second kappa shape index (κ2) is 6.71. The molecule has 1 N–H and O–H groups in total. The van der Waals surface area contributed by atoms with Gasteiger partial charge in [-0.05, 0) is 11.6 Å². The SMILES string of the molecule is CC(C)(C)c1n[nH]c(C2CN(Cc3ccccc3C#N)CCO2)n1. The van der Waals surface area contributed by atoms with Crippen molar-refractivity contribution in [3.05, 3.63) is 47.0 Å². The van der Waals surface area contributed by atoms with E-state index in [9.17, 15) is 5.26 Å². The summed E-state index contributed by atoms with van der Waals surface area (Å²) >= 11 is 0. The van der Waals surface area contributed by atoms with E-state index in [0.29, 0.717) is 6.61 Å². The molecule has 1 aliphatic heterocycles. The van der Waals surface area contributed by atoms with Gasteiger partial charge in [-0.1, -0.05) is 39.0 Å². The van der Waals surface area contributed by atoms with E-state index in [1.54, 1.807) is 0 Å². The molecule has 2 heterocycles. The molecule has 1 atom stereocenters. The fraction of sp³-hybridized carbons (Fsp3) is 0.500. The Morgan fingerprint density at radius 3 is 2.88 bits per heavy atom. The van der Waals surface area contributed by atoms with E-state index in [1.807, 2.05) is 24.3 Å². The van der Waals surface area contributed by atoms with Crippen LogP contribution >= 0.6 is 0 Å². The van der Waals surface area contributed by atoms with Crippen molar-refractivity contribution in [2.45, 2.75) is 38.8 Å². The van der Waals surface area contributed by atoms with Crippen molar-refractivity contribution in [1.29, 1.82) is 5.26 Å². The van der Waals surface area contributed by atoms with Gasteiger partial charge in [0.05, 0.1) is 18.2 Å². The summed E-state index contributed by atoms with van der Waals surface area (Å²) in [6.07, 6.45) is -0.114. The first-order valence-corrected chi connectivity index (χ1v) is 8.22. The van der Waals surface area contributed by atoms with Crippen molar-refractivity contribution >= 4 is 0 Å². The normalized spacial score (nSPS) is 19.2. The lowest BCUT2D eigenvalue weighted by atomic mass is 9.96. The zero-order chi connectivity index (χ0) is 17.2. The van der Waals surface area contributed by atoms with Crippen molar-refractivity contribution in [3.63, 3.8) is 0 Å². The summed E-state index contributed by atoms with van der Waals surface area (Å²) in [6.45, 7) is 9.23. The number of hydrogen-bond acceptors (Lipinski definition) is 5. The van der Waals surface area contributed by atoms with Gasteiger partial charge in [0.1, 0.15) is 6.10 Å². The van der Waals surface area contributed by atoms with Crippen LogP contribution in [0.4, 0.5) is 0 Å². The zero-order valence-corrected chi connectivity index (χ0v) is 14.4.